The number of thiophene rings is 1. The van der Waals surface area contributed by atoms with Crippen LogP contribution in [0.4, 0.5) is 0 Å². The lowest BCUT2D eigenvalue weighted by Crippen LogP contribution is -2.21. The molecule has 0 amide bonds. The van der Waals surface area contributed by atoms with Crippen molar-refractivity contribution in [3.05, 3.63) is 21.8 Å². The summed E-state index contributed by atoms with van der Waals surface area (Å²) in [7, 11) is 0. The summed E-state index contributed by atoms with van der Waals surface area (Å²) in [5.74, 6) is 0. The predicted molar refractivity (Wildman–Crippen MR) is 70.5 cm³/mol. The van der Waals surface area contributed by atoms with Gasteiger partial charge >= 0.3 is 0 Å². The van der Waals surface area contributed by atoms with Crippen LogP contribution in [0.25, 0.3) is 10.2 Å². The SMILES string of the molecule is CCn1c(SC(C)C)nc2ccsc2c1=O. The molecule has 0 spiro atoms. The van der Waals surface area contributed by atoms with Gasteiger partial charge in [0.1, 0.15) is 4.70 Å². The van der Waals surface area contributed by atoms with Crippen molar-refractivity contribution in [2.45, 2.75) is 37.7 Å². The molecule has 2 aromatic rings. The molecular formula is C11H14N2OS2. The summed E-state index contributed by atoms with van der Waals surface area (Å²) in [4.78, 5) is 16.7. The average Bonchev–Trinajstić information content (AvgIpc) is 2.65. The van der Waals surface area contributed by atoms with Gasteiger partial charge in [-0.05, 0) is 18.4 Å². The molecule has 0 radical (unpaired) electrons. The Kier molecular flexibility index (Phi) is 3.35. The van der Waals surface area contributed by atoms with Crippen LogP contribution in [-0.4, -0.2) is 14.8 Å². The van der Waals surface area contributed by atoms with E-state index in [1.807, 2.05) is 18.4 Å². The first-order chi connectivity index (χ1) is 7.63. The third-order valence-corrected chi connectivity index (χ3v) is 4.07. The zero-order chi connectivity index (χ0) is 11.7. The zero-order valence-electron chi connectivity index (χ0n) is 9.56. The fourth-order valence-electron chi connectivity index (χ4n) is 1.50. The van der Waals surface area contributed by atoms with Gasteiger partial charge in [-0.2, -0.15) is 0 Å². The highest BCUT2D eigenvalue weighted by Crippen LogP contribution is 2.23. The normalized spacial score (nSPS) is 11.5. The van der Waals surface area contributed by atoms with E-state index < -0.39 is 0 Å². The third-order valence-electron chi connectivity index (χ3n) is 2.19. The van der Waals surface area contributed by atoms with E-state index in [1.165, 1.54) is 11.3 Å². The van der Waals surface area contributed by atoms with Crippen molar-refractivity contribution >= 4 is 33.3 Å². The van der Waals surface area contributed by atoms with Gasteiger partial charge in [0.25, 0.3) is 5.56 Å². The van der Waals surface area contributed by atoms with Crippen molar-refractivity contribution < 1.29 is 0 Å². The maximum Gasteiger partial charge on any atom is 0.272 e. The number of rotatable bonds is 3. The fraction of sp³-hybridized carbons (Fsp3) is 0.455. The molecule has 2 aromatic heterocycles. The van der Waals surface area contributed by atoms with Crippen molar-refractivity contribution in [2.75, 3.05) is 0 Å². The molecular weight excluding hydrogens is 240 g/mol. The minimum Gasteiger partial charge on any atom is -0.287 e. The molecule has 0 unspecified atom stereocenters. The molecule has 5 heteroatoms. The Morgan fingerprint density at radius 2 is 2.31 bits per heavy atom. The molecule has 0 fully saturated rings. The highest BCUT2D eigenvalue weighted by atomic mass is 32.2. The molecule has 0 aliphatic rings. The Bertz CT molecular complexity index is 557. The Balaban J connectivity index is 2.66. The maximum absolute atomic E-state index is 12.1. The standard InChI is InChI=1S/C11H14N2OS2/c1-4-13-10(14)9-8(5-6-15-9)12-11(13)16-7(2)3/h5-7H,4H2,1-3H3. The average molecular weight is 254 g/mol. The quantitative estimate of drug-likeness (QED) is 0.624. The third kappa shape index (κ3) is 2.01. The minimum atomic E-state index is 0.0886. The van der Waals surface area contributed by atoms with Crippen LogP contribution in [0.5, 0.6) is 0 Å². The Morgan fingerprint density at radius 3 is 2.94 bits per heavy atom. The second-order valence-electron chi connectivity index (χ2n) is 3.75. The summed E-state index contributed by atoms with van der Waals surface area (Å²) in [6.45, 7) is 6.87. The summed E-state index contributed by atoms with van der Waals surface area (Å²) in [6.07, 6.45) is 0. The predicted octanol–water partition coefficient (Wildman–Crippen LogP) is 2.98. The van der Waals surface area contributed by atoms with Gasteiger partial charge in [-0.1, -0.05) is 25.6 Å². The smallest absolute Gasteiger partial charge is 0.272 e. The minimum absolute atomic E-state index is 0.0886. The first-order valence-corrected chi connectivity index (χ1v) is 7.04. The molecule has 0 bridgehead atoms. The number of hydrogen-bond acceptors (Lipinski definition) is 4. The van der Waals surface area contributed by atoms with E-state index in [0.717, 1.165) is 15.4 Å². The Morgan fingerprint density at radius 1 is 1.56 bits per heavy atom. The first-order valence-electron chi connectivity index (χ1n) is 5.28. The van der Waals surface area contributed by atoms with Crippen LogP contribution in [0, 0.1) is 0 Å². The van der Waals surface area contributed by atoms with Crippen LogP contribution in [0.1, 0.15) is 20.8 Å². The number of aromatic nitrogens is 2. The lowest BCUT2D eigenvalue weighted by atomic mass is 10.4. The molecule has 2 heterocycles. The van der Waals surface area contributed by atoms with E-state index in [-0.39, 0.29) is 5.56 Å². The van der Waals surface area contributed by atoms with E-state index >= 15 is 0 Å². The van der Waals surface area contributed by atoms with Crippen LogP contribution < -0.4 is 5.56 Å². The van der Waals surface area contributed by atoms with E-state index in [1.54, 1.807) is 16.3 Å². The second kappa shape index (κ2) is 4.59. The molecule has 0 aromatic carbocycles. The zero-order valence-corrected chi connectivity index (χ0v) is 11.2. The number of nitrogens with zero attached hydrogens (tertiary/aromatic N) is 2. The Labute approximate surface area is 103 Å². The molecule has 3 nitrogen and oxygen atoms in total. The molecule has 16 heavy (non-hydrogen) atoms. The van der Waals surface area contributed by atoms with Crippen molar-refractivity contribution in [2.24, 2.45) is 0 Å². The highest BCUT2D eigenvalue weighted by Gasteiger charge is 2.12. The topological polar surface area (TPSA) is 34.9 Å². The van der Waals surface area contributed by atoms with Crippen molar-refractivity contribution in [1.29, 1.82) is 0 Å². The van der Waals surface area contributed by atoms with Crippen LogP contribution in [-0.2, 0) is 6.54 Å². The van der Waals surface area contributed by atoms with E-state index in [4.69, 9.17) is 0 Å². The van der Waals surface area contributed by atoms with Gasteiger partial charge < -0.3 is 0 Å². The lowest BCUT2D eigenvalue weighted by molar-refractivity contribution is 0.634. The van der Waals surface area contributed by atoms with Gasteiger partial charge in [0.15, 0.2) is 5.16 Å². The number of hydrogen-bond donors (Lipinski definition) is 0. The van der Waals surface area contributed by atoms with Crippen molar-refractivity contribution in [1.82, 2.24) is 9.55 Å². The number of thioether (sulfide) groups is 1. The largest absolute Gasteiger partial charge is 0.287 e. The van der Waals surface area contributed by atoms with Crippen molar-refractivity contribution in [3.63, 3.8) is 0 Å². The monoisotopic (exact) mass is 254 g/mol. The maximum atomic E-state index is 12.1. The van der Waals surface area contributed by atoms with Gasteiger partial charge in [-0.25, -0.2) is 4.98 Å². The second-order valence-corrected chi connectivity index (χ2v) is 6.21. The first kappa shape index (κ1) is 11.7. The van der Waals surface area contributed by atoms with E-state index in [9.17, 15) is 4.79 Å². The van der Waals surface area contributed by atoms with Crippen molar-refractivity contribution in [3.8, 4) is 0 Å². The number of fused-ring (bicyclic) bond motifs is 1. The van der Waals surface area contributed by atoms with E-state index in [2.05, 4.69) is 18.8 Å². The molecule has 86 valence electrons. The van der Waals surface area contributed by atoms with Gasteiger partial charge in [-0.3, -0.25) is 9.36 Å². The fourth-order valence-corrected chi connectivity index (χ4v) is 3.19. The molecule has 0 atom stereocenters. The van der Waals surface area contributed by atoms with E-state index in [0.29, 0.717) is 11.8 Å². The van der Waals surface area contributed by atoms with Gasteiger partial charge in [0.05, 0.1) is 5.52 Å². The molecule has 0 aliphatic heterocycles. The summed E-state index contributed by atoms with van der Waals surface area (Å²) in [6, 6.07) is 1.91. The lowest BCUT2D eigenvalue weighted by Gasteiger charge is -2.11. The molecule has 0 saturated carbocycles. The summed E-state index contributed by atoms with van der Waals surface area (Å²) in [5, 5.41) is 3.18. The molecule has 0 aliphatic carbocycles. The molecule has 0 saturated heterocycles. The summed E-state index contributed by atoms with van der Waals surface area (Å²) < 4.78 is 2.51. The van der Waals surface area contributed by atoms with Crippen LogP contribution in [0.3, 0.4) is 0 Å². The van der Waals surface area contributed by atoms with Gasteiger partial charge in [0, 0.05) is 11.8 Å². The van der Waals surface area contributed by atoms with Crippen LogP contribution >= 0.6 is 23.1 Å². The van der Waals surface area contributed by atoms with Crippen LogP contribution in [0.2, 0.25) is 0 Å². The van der Waals surface area contributed by atoms with Crippen LogP contribution in [0.15, 0.2) is 21.4 Å². The van der Waals surface area contributed by atoms with Gasteiger partial charge in [0.2, 0.25) is 0 Å². The summed E-state index contributed by atoms with van der Waals surface area (Å²) >= 11 is 3.10. The molecule has 2 rings (SSSR count). The van der Waals surface area contributed by atoms with Gasteiger partial charge in [-0.15, -0.1) is 11.3 Å². The Hall–Kier alpha value is -0.810. The molecule has 0 N–H and O–H groups in total. The highest BCUT2D eigenvalue weighted by molar-refractivity contribution is 7.99. The summed E-state index contributed by atoms with van der Waals surface area (Å²) in [5.41, 5.74) is 0.911.